The van der Waals surface area contributed by atoms with Crippen LogP contribution in [0.4, 0.5) is 5.95 Å². The Bertz CT molecular complexity index is 654. The predicted molar refractivity (Wildman–Crippen MR) is 89.8 cm³/mol. The Morgan fingerprint density at radius 1 is 1.04 bits per heavy atom. The first kappa shape index (κ1) is 15.7. The summed E-state index contributed by atoms with van der Waals surface area (Å²) in [7, 11) is 1.72. The quantitative estimate of drug-likeness (QED) is 0.858. The van der Waals surface area contributed by atoms with Gasteiger partial charge >= 0.3 is 0 Å². The molecule has 1 fully saturated rings. The number of nitrogens with zero attached hydrogens (tertiary/aromatic N) is 5. The Kier molecular flexibility index (Phi) is 4.71. The molecule has 0 unspecified atom stereocenters. The lowest BCUT2D eigenvalue weighted by molar-refractivity contribution is 0.245. The monoisotopic (exact) mass is 313 g/mol. The Morgan fingerprint density at radius 2 is 1.74 bits per heavy atom. The fourth-order valence-corrected chi connectivity index (χ4v) is 3.00. The zero-order chi connectivity index (χ0) is 16.2. The molecule has 0 aliphatic carbocycles. The molecule has 3 heterocycles. The molecule has 0 spiro atoms. The molecular weight excluding hydrogens is 290 g/mol. The summed E-state index contributed by atoms with van der Waals surface area (Å²) in [5.74, 6) is 1.77. The minimum Gasteiger partial charge on any atom is -0.496 e. The molecule has 2 aromatic rings. The van der Waals surface area contributed by atoms with E-state index in [-0.39, 0.29) is 0 Å². The van der Waals surface area contributed by atoms with Crippen LogP contribution in [0.15, 0.2) is 24.7 Å². The summed E-state index contributed by atoms with van der Waals surface area (Å²) in [5, 5.41) is 0. The SMILES string of the molecule is COc1c(C)cnc(CN2CCN(c3ncccn3)CC2)c1C. The van der Waals surface area contributed by atoms with Gasteiger partial charge in [0.2, 0.25) is 5.95 Å². The number of aryl methyl sites for hydroxylation is 1. The van der Waals surface area contributed by atoms with Gasteiger partial charge in [0.05, 0.1) is 12.8 Å². The van der Waals surface area contributed by atoms with Crippen molar-refractivity contribution in [2.45, 2.75) is 20.4 Å². The molecule has 122 valence electrons. The first-order valence-electron chi connectivity index (χ1n) is 7.92. The fourth-order valence-electron chi connectivity index (χ4n) is 3.00. The fraction of sp³-hybridized carbons (Fsp3) is 0.471. The van der Waals surface area contributed by atoms with Gasteiger partial charge in [0.1, 0.15) is 5.75 Å². The van der Waals surface area contributed by atoms with Crippen molar-refractivity contribution in [2.75, 3.05) is 38.2 Å². The lowest BCUT2D eigenvalue weighted by Gasteiger charge is -2.34. The van der Waals surface area contributed by atoms with E-state index in [0.717, 1.165) is 61.2 Å². The van der Waals surface area contributed by atoms with Gasteiger partial charge in [0.25, 0.3) is 0 Å². The number of methoxy groups -OCH3 is 1. The molecule has 3 rings (SSSR count). The standard InChI is InChI=1S/C17H23N5O/c1-13-11-20-15(14(2)16(13)23-3)12-21-7-9-22(10-8-21)17-18-5-4-6-19-17/h4-6,11H,7-10,12H2,1-3H3. The number of rotatable bonds is 4. The zero-order valence-electron chi connectivity index (χ0n) is 14.0. The van der Waals surface area contributed by atoms with Crippen LogP contribution < -0.4 is 9.64 Å². The molecule has 0 N–H and O–H groups in total. The Balaban J connectivity index is 1.63. The highest BCUT2D eigenvalue weighted by atomic mass is 16.5. The molecule has 0 atom stereocenters. The van der Waals surface area contributed by atoms with E-state index in [2.05, 4.69) is 31.7 Å². The van der Waals surface area contributed by atoms with E-state index in [1.807, 2.05) is 19.2 Å². The molecule has 6 heteroatoms. The smallest absolute Gasteiger partial charge is 0.225 e. The Hall–Kier alpha value is -2.21. The van der Waals surface area contributed by atoms with Crippen molar-refractivity contribution in [2.24, 2.45) is 0 Å². The largest absolute Gasteiger partial charge is 0.496 e. The van der Waals surface area contributed by atoms with Crippen LogP contribution in [0.5, 0.6) is 5.75 Å². The number of ether oxygens (including phenoxy) is 1. The minimum atomic E-state index is 0.818. The summed E-state index contributed by atoms with van der Waals surface area (Å²) >= 11 is 0. The van der Waals surface area contributed by atoms with E-state index < -0.39 is 0 Å². The molecule has 1 saturated heterocycles. The van der Waals surface area contributed by atoms with Crippen LogP contribution in [0.1, 0.15) is 16.8 Å². The molecule has 0 amide bonds. The van der Waals surface area contributed by atoms with Gasteiger partial charge in [-0.1, -0.05) is 0 Å². The van der Waals surface area contributed by atoms with Crippen molar-refractivity contribution >= 4 is 5.95 Å². The average molecular weight is 313 g/mol. The van der Waals surface area contributed by atoms with Crippen LogP contribution in [0.25, 0.3) is 0 Å². The van der Waals surface area contributed by atoms with E-state index in [9.17, 15) is 0 Å². The van der Waals surface area contributed by atoms with E-state index in [1.54, 1.807) is 19.5 Å². The zero-order valence-corrected chi connectivity index (χ0v) is 14.0. The van der Waals surface area contributed by atoms with Crippen molar-refractivity contribution in [1.82, 2.24) is 19.9 Å². The average Bonchev–Trinajstić information content (AvgIpc) is 2.59. The van der Waals surface area contributed by atoms with Crippen LogP contribution in [-0.2, 0) is 6.54 Å². The van der Waals surface area contributed by atoms with Gasteiger partial charge in [-0.25, -0.2) is 9.97 Å². The molecule has 0 aromatic carbocycles. The summed E-state index contributed by atoms with van der Waals surface area (Å²) in [5.41, 5.74) is 3.32. The molecule has 0 radical (unpaired) electrons. The third-order valence-electron chi connectivity index (χ3n) is 4.33. The van der Waals surface area contributed by atoms with Crippen LogP contribution in [0.2, 0.25) is 0 Å². The molecule has 1 aliphatic rings. The normalized spacial score (nSPS) is 15.7. The van der Waals surface area contributed by atoms with Gasteiger partial charge in [0.15, 0.2) is 0 Å². The highest BCUT2D eigenvalue weighted by Crippen LogP contribution is 2.25. The van der Waals surface area contributed by atoms with Crippen molar-refractivity contribution < 1.29 is 4.74 Å². The molecule has 0 saturated carbocycles. The topological polar surface area (TPSA) is 54.4 Å². The maximum Gasteiger partial charge on any atom is 0.225 e. The Morgan fingerprint density at radius 3 is 2.39 bits per heavy atom. The van der Waals surface area contributed by atoms with Crippen molar-refractivity contribution in [3.63, 3.8) is 0 Å². The number of hydrogen-bond acceptors (Lipinski definition) is 6. The van der Waals surface area contributed by atoms with Crippen LogP contribution in [0.3, 0.4) is 0 Å². The van der Waals surface area contributed by atoms with Gasteiger partial charge in [-0.3, -0.25) is 9.88 Å². The summed E-state index contributed by atoms with van der Waals surface area (Å²) in [6.45, 7) is 8.80. The molecule has 6 nitrogen and oxygen atoms in total. The molecule has 0 bridgehead atoms. The van der Waals surface area contributed by atoms with E-state index in [1.165, 1.54) is 0 Å². The summed E-state index contributed by atoms with van der Waals surface area (Å²) in [6.07, 6.45) is 5.48. The van der Waals surface area contributed by atoms with Gasteiger partial charge < -0.3 is 9.64 Å². The summed E-state index contributed by atoms with van der Waals surface area (Å²) in [4.78, 5) is 17.9. The van der Waals surface area contributed by atoms with Crippen molar-refractivity contribution in [3.05, 3.63) is 41.5 Å². The molecule has 23 heavy (non-hydrogen) atoms. The molecule has 2 aromatic heterocycles. The first-order chi connectivity index (χ1) is 11.2. The second-order valence-electron chi connectivity index (χ2n) is 5.86. The molecular formula is C17H23N5O. The minimum absolute atomic E-state index is 0.818. The molecule has 1 aliphatic heterocycles. The van der Waals surface area contributed by atoms with Crippen molar-refractivity contribution in [1.29, 1.82) is 0 Å². The number of piperazine rings is 1. The number of aromatic nitrogens is 3. The number of pyridine rings is 1. The third kappa shape index (κ3) is 3.42. The Labute approximate surface area is 137 Å². The highest BCUT2D eigenvalue weighted by molar-refractivity contribution is 5.41. The lowest BCUT2D eigenvalue weighted by Crippen LogP contribution is -2.46. The second kappa shape index (κ2) is 6.91. The summed E-state index contributed by atoms with van der Waals surface area (Å²) in [6, 6.07) is 1.85. The van der Waals surface area contributed by atoms with Gasteiger partial charge in [-0.05, 0) is 19.9 Å². The number of hydrogen-bond donors (Lipinski definition) is 0. The van der Waals surface area contributed by atoms with Gasteiger partial charge in [-0.2, -0.15) is 0 Å². The van der Waals surface area contributed by atoms with E-state index in [4.69, 9.17) is 4.74 Å². The van der Waals surface area contributed by atoms with E-state index >= 15 is 0 Å². The lowest BCUT2D eigenvalue weighted by atomic mass is 10.1. The second-order valence-corrected chi connectivity index (χ2v) is 5.86. The highest BCUT2D eigenvalue weighted by Gasteiger charge is 2.20. The first-order valence-corrected chi connectivity index (χ1v) is 7.92. The van der Waals surface area contributed by atoms with Gasteiger partial charge in [0, 0.05) is 62.4 Å². The van der Waals surface area contributed by atoms with Crippen LogP contribution in [0, 0.1) is 13.8 Å². The summed E-state index contributed by atoms with van der Waals surface area (Å²) < 4.78 is 5.50. The number of anilines is 1. The maximum atomic E-state index is 5.50. The maximum absolute atomic E-state index is 5.50. The third-order valence-corrected chi connectivity index (χ3v) is 4.33. The van der Waals surface area contributed by atoms with E-state index in [0.29, 0.717) is 0 Å². The van der Waals surface area contributed by atoms with Crippen LogP contribution >= 0.6 is 0 Å². The van der Waals surface area contributed by atoms with Crippen molar-refractivity contribution in [3.8, 4) is 5.75 Å². The van der Waals surface area contributed by atoms with Gasteiger partial charge in [-0.15, -0.1) is 0 Å². The predicted octanol–water partition coefficient (Wildman–Crippen LogP) is 1.82. The van der Waals surface area contributed by atoms with Crippen LogP contribution in [-0.4, -0.2) is 53.1 Å².